The Kier molecular flexibility index (Phi) is 3.29. The molecular formula is C16H15NO3S. The average molecular weight is 301 g/mol. The summed E-state index contributed by atoms with van der Waals surface area (Å²) in [5.41, 5.74) is 1.91. The van der Waals surface area contributed by atoms with E-state index in [0.29, 0.717) is 11.3 Å². The molecule has 5 heteroatoms. The van der Waals surface area contributed by atoms with Crippen molar-refractivity contribution in [2.75, 3.05) is 10.8 Å². The van der Waals surface area contributed by atoms with Crippen LogP contribution in [0.3, 0.4) is 0 Å². The van der Waals surface area contributed by atoms with Crippen molar-refractivity contribution >= 4 is 21.5 Å². The molecule has 0 atom stereocenters. The lowest BCUT2D eigenvalue weighted by atomic mass is 10.0. The third-order valence-electron chi connectivity index (χ3n) is 3.59. The fourth-order valence-electron chi connectivity index (χ4n) is 2.52. The predicted molar refractivity (Wildman–Crippen MR) is 81.1 cm³/mol. The van der Waals surface area contributed by atoms with Crippen molar-refractivity contribution in [1.82, 2.24) is 0 Å². The number of carbonyl (C=O) groups is 1. The molecule has 2 aromatic rings. The minimum atomic E-state index is -3.63. The number of Topliss-reactive ketones (excluding diaryl/α,β-unsaturated/α-hetero) is 1. The first kappa shape index (κ1) is 13.8. The molecule has 2 aromatic carbocycles. The van der Waals surface area contributed by atoms with Gasteiger partial charge in [-0.05, 0) is 31.2 Å². The summed E-state index contributed by atoms with van der Waals surface area (Å²) in [6.07, 6.45) is 0.211. The Morgan fingerprint density at radius 3 is 2.48 bits per heavy atom. The van der Waals surface area contributed by atoms with Gasteiger partial charge in [-0.25, -0.2) is 8.42 Å². The SMILES string of the molecule is Cc1ccc2c(c1)C(=O)CCN2S(=O)(=O)c1ccccc1. The second-order valence-corrected chi connectivity index (χ2v) is 6.95. The highest BCUT2D eigenvalue weighted by atomic mass is 32.2. The minimum absolute atomic E-state index is 0.00629. The number of fused-ring (bicyclic) bond motifs is 1. The van der Waals surface area contributed by atoms with Gasteiger partial charge in [-0.2, -0.15) is 0 Å². The Balaban J connectivity index is 2.14. The summed E-state index contributed by atoms with van der Waals surface area (Å²) in [6, 6.07) is 13.6. The molecule has 1 aliphatic rings. The van der Waals surface area contributed by atoms with Crippen LogP contribution in [0.2, 0.25) is 0 Å². The van der Waals surface area contributed by atoms with Gasteiger partial charge in [-0.15, -0.1) is 0 Å². The van der Waals surface area contributed by atoms with Crippen molar-refractivity contribution in [2.45, 2.75) is 18.2 Å². The summed E-state index contributed by atoms with van der Waals surface area (Å²) in [6.45, 7) is 2.07. The van der Waals surface area contributed by atoms with Gasteiger partial charge in [-0.3, -0.25) is 9.10 Å². The van der Waals surface area contributed by atoms with Crippen LogP contribution in [0.5, 0.6) is 0 Å². The zero-order valence-electron chi connectivity index (χ0n) is 11.6. The fraction of sp³-hybridized carbons (Fsp3) is 0.188. The lowest BCUT2D eigenvalue weighted by Crippen LogP contribution is -2.37. The molecule has 3 rings (SSSR count). The summed E-state index contributed by atoms with van der Waals surface area (Å²) in [7, 11) is -3.63. The van der Waals surface area contributed by atoms with Gasteiger partial charge < -0.3 is 0 Å². The van der Waals surface area contributed by atoms with E-state index in [1.165, 1.54) is 4.31 Å². The molecule has 0 aromatic heterocycles. The number of ketones is 1. The van der Waals surface area contributed by atoms with E-state index in [-0.39, 0.29) is 23.6 Å². The lowest BCUT2D eigenvalue weighted by Gasteiger charge is -2.30. The van der Waals surface area contributed by atoms with E-state index in [4.69, 9.17) is 0 Å². The maximum absolute atomic E-state index is 12.8. The first-order chi connectivity index (χ1) is 10.00. The molecule has 0 saturated heterocycles. The lowest BCUT2D eigenvalue weighted by molar-refractivity contribution is 0.0982. The Morgan fingerprint density at radius 2 is 1.76 bits per heavy atom. The van der Waals surface area contributed by atoms with Crippen LogP contribution in [0.1, 0.15) is 22.3 Å². The van der Waals surface area contributed by atoms with Gasteiger partial charge in [0.15, 0.2) is 5.78 Å². The van der Waals surface area contributed by atoms with Crippen molar-refractivity contribution in [1.29, 1.82) is 0 Å². The molecule has 0 fully saturated rings. The number of carbonyl (C=O) groups excluding carboxylic acids is 1. The number of hydrogen-bond donors (Lipinski definition) is 0. The first-order valence-corrected chi connectivity index (χ1v) is 8.16. The monoisotopic (exact) mass is 301 g/mol. The van der Waals surface area contributed by atoms with Gasteiger partial charge in [-0.1, -0.05) is 29.8 Å². The molecule has 0 unspecified atom stereocenters. The summed E-state index contributed by atoms with van der Waals surface area (Å²) >= 11 is 0. The van der Waals surface area contributed by atoms with Crippen LogP contribution in [-0.4, -0.2) is 20.7 Å². The third-order valence-corrected chi connectivity index (χ3v) is 5.42. The highest BCUT2D eigenvalue weighted by molar-refractivity contribution is 7.92. The zero-order valence-corrected chi connectivity index (χ0v) is 12.4. The molecule has 0 radical (unpaired) electrons. The Labute approximate surface area is 124 Å². The van der Waals surface area contributed by atoms with E-state index in [9.17, 15) is 13.2 Å². The molecule has 1 aliphatic heterocycles. The standard InChI is InChI=1S/C16H15NO3S/c1-12-7-8-15-14(11-12)16(18)9-10-17(15)21(19,20)13-5-3-2-4-6-13/h2-8,11H,9-10H2,1H3. The molecule has 0 saturated carbocycles. The van der Waals surface area contributed by atoms with Crippen molar-refractivity contribution in [3.05, 3.63) is 59.7 Å². The summed E-state index contributed by atoms with van der Waals surface area (Å²) < 4.78 is 26.8. The van der Waals surface area contributed by atoms with E-state index in [1.807, 2.05) is 13.0 Å². The highest BCUT2D eigenvalue weighted by Crippen LogP contribution is 2.32. The first-order valence-electron chi connectivity index (χ1n) is 6.72. The summed E-state index contributed by atoms with van der Waals surface area (Å²) in [5, 5.41) is 0. The van der Waals surface area contributed by atoms with Gasteiger partial charge in [0.05, 0.1) is 10.6 Å². The Hall–Kier alpha value is -2.14. The minimum Gasteiger partial charge on any atom is -0.294 e. The maximum Gasteiger partial charge on any atom is 0.264 e. The molecule has 108 valence electrons. The van der Waals surface area contributed by atoms with Crippen LogP contribution < -0.4 is 4.31 Å². The predicted octanol–water partition coefficient (Wildman–Crippen LogP) is 2.78. The van der Waals surface area contributed by atoms with E-state index >= 15 is 0 Å². The van der Waals surface area contributed by atoms with Crippen LogP contribution in [0, 0.1) is 6.92 Å². The number of hydrogen-bond acceptors (Lipinski definition) is 3. The topological polar surface area (TPSA) is 54.5 Å². The van der Waals surface area contributed by atoms with Crippen LogP contribution in [0.4, 0.5) is 5.69 Å². The van der Waals surface area contributed by atoms with Crippen molar-refractivity contribution in [3.63, 3.8) is 0 Å². The normalized spacial score (nSPS) is 14.9. The quantitative estimate of drug-likeness (QED) is 0.857. The molecule has 21 heavy (non-hydrogen) atoms. The van der Waals surface area contributed by atoms with Gasteiger partial charge in [0.2, 0.25) is 0 Å². The second kappa shape index (κ2) is 5.00. The van der Waals surface area contributed by atoms with Crippen molar-refractivity contribution in [3.8, 4) is 0 Å². The van der Waals surface area contributed by atoms with E-state index < -0.39 is 10.0 Å². The molecule has 0 amide bonds. The number of aryl methyl sites for hydroxylation is 1. The van der Waals surface area contributed by atoms with Gasteiger partial charge in [0, 0.05) is 18.5 Å². The van der Waals surface area contributed by atoms with Crippen LogP contribution >= 0.6 is 0 Å². The molecule has 0 bridgehead atoms. The van der Waals surface area contributed by atoms with E-state index in [1.54, 1.807) is 42.5 Å². The van der Waals surface area contributed by atoms with Crippen LogP contribution in [0.25, 0.3) is 0 Å². The number of rotatable bonds is 2. The second-order valence-electron chi connectivity index (χ2n) is 5.08. The molecule has 0 N–H and O–H groups in total. The van der Waals surface area contributed by atoms with E-state index in [2.05, 4.69) is 0 Å². The Bertz CT molecular complexity index is 798. The number of benzene rings is 2. The van der Waals surface area contributed by atoms with Crippen molar-refractivity contribution in [2.24, 2.45) is 0 Å². The fourth-order valence-corrected chi connectivity index (χ4v) is 4.02. The number of nitrogens with zero attached hydrogens (tertiary/aromatic N) is 1. The van der Waals surface area contributed by atoms with Crippen molar-refractivity contribution < 1.29 is 13.2 Å². The largest absolute Gasteiger partial charge is 0.294 e. The van der Waals surface area contributed by atoms with Gasteiger partial charge in [0.1, 0.15) is 0 Å². The third kappa shape index (κ3) is 2.34. The average Bonchev–Trinajstić information content (AvgIpc) is 2.49. The number of sulfonamides is 1. The Morgan fingerprint density at radius 1 is 1.05 bits per heavy atom. The maximum atomic E-state index is 12.8. The van der Waals surface area contributed by atoms with Gasteiger partial charge >= 0.3 is 0 Å². The molecule has 1 heterocycles. The van der Waals surface area contributed by atoms with Crippen LogP contribution in [-0.2, 0) is 10.0 Å². The smallest absolute Gasteiger partial charge is 0.264 e. The highest BCUT2D eigenvalue weighted by Gasteiger charge is 2.32. The number of anilines is 1. The van der Waals surface area contributed by atoms with Crippen LogP contribution in [0.15, 0.2) is 53.4 Å². The molecule has 0 aliphatic carbocycles. The summed E-state index contributed by atoms with van der Waals surface area (Å²) in [5.74, 6) is -0.00629. The molecule has 4 nitrogen and oxygen atoms in total. The zero-order chi connectivity index (χ0) is 15.0. The molecule has 0 spiro atoms. The summed E-state index contributed by atoms with van der Waals surface area (Å²) in [4.78, 5) is 12.3. The van der Waals surface area contributed by atoms with E-state index in [0.717, 1.165) is 5.56 Å². The molecular weight excluding hydrogens is 286 g/mol. The van der Waals surface area contributed by atoms with Gasteiger partial charge in [0.25, 0.3) is 10.0 Å².